The summed E-state index contributed by atoms with van der Waals surface area (Å²) in [5, 5.41) is 14.8. The van der Waals surface area contributed by atoms with Crippen LogP contribution in [0.25, 0.3) is 11.1 Å². The van der Waals surface area contributed by atoms with E-state index < -0.39 is 29.4 Å². The van der Waals surface area contributed by atoms with Gasteiger partial charge >= 0.3 is 12.1 Å². The monoisotopic (exact) mass is 493 g/mol. The molecule has 1 heterocycles. The van der Waals surface area contributed by atoms with Crippen LogP contribution < -0.4 is 10.6 Å². The number of nitrogens with zero attached hydrogens (tertiary/aromatic N) is 1. The van der Waals surface area contributed by atoms with Gasteiger partial charge in [0.1, 0.15) is 17.5 Å². The third kappa shape index (κ3) is 5.05. The molecule has 0 saturated heterocycles. The molecule has 1 unspecified atom stereocenters. The molecule has 0 bridgehead atoms. The Morgan fingerprint density at radius 2 is 1.63 bits per heavy atom. The van der Waals surface area contributed by atoms with Crippen LogP contribution in [0.3, 0.4) is 0 Å². The third-order valence-electron chi connectivity index (χ3n) is 5.94. The van der Waals surface area contributed by atoms with Crippen molar-refractivity contribution in [2.75, 3.05) is 11.9 Å². The lowest BCUT2D eigenvalue weighted by atomic mass is 9.87. The maximum absolute atomic E-state index is 12.7. The second-order valence-corrected chi connectivity index (χ2v) is 10.5. The lowest BCUT2D eigenvalue weighted by molar-refractivity contribution is -0.142. The van der Waals surface area contributed by atoms with E-state index >= 15 is 0 Å². The molecule has 3 aromatic rings. The van der Waals surface area contributed by atoms with Crippen molar-refractivity contribution in [2.45, 2.75) is 39.7 Å². The van der Waals surface area contributed by atoms with E-state index in [1.54, 1.807) is 27.7 Å². The SMILES string of the molecule is Cc1nc(NC(=O)OCC2c3ccccc3-c3ccccc32)sc1C(=O)NC(C(=O)O)C(C)(C)C. The van der Waals surface area contributed by atoms with E-state index in [0.717, 1.165) is 33.6 Å². The molecule has 0 spiro atoms. The number of carbonyl (C=O) groups is 3. The second kappa shape index (κ2) is 9.50. The van der Waals surface area contributed by atoms with E-state index in [4.69, 9.17) is 4.74 Å². The predicted molar refractivity (Wildman–Crippen MR) is 134 cm³/mol. The quantitative estimate of drug-likeness (QED) is 0.443. The normalized spacial score (nSPS) is 13.5. The molecular formula is C26H27N3O5S. The number of nitrogens with one attached hydrogen (secondary N) is 2. The fourth-order valence-electron chi connectivity index (χ4n) is 4.23. The minimum absolute atomic E-state index is 0.0714. The topological polar surface area (TPSA) is 118 Å². The van der Waals surface area contributed by atoms with Crippen LogP contribution >= 0.6 is 11.3 Å². The molecular weight excluding hydrogens is 466 g/mol. The van der Waals surface area contributed by atoms with Crippen molar-refractivity contribution in [1.29, 1.82) is 0 Å². The van der Waals surface area contributed by atoms with Gasteiger partial charge in [-0.3, -0.25) is 10.1 Å². The van der Waals surface area contributed by atoms with Crippen molar-refractivity contribution in [2.24, 2.45) is 5.41 Å². The van der Waals surface area contributed by atoms with Crippen molar-refractivity contribution < 1.29 is 24.2 Å². The number of fused-ring (bicyclic) bond motifs is 3. The summed E-state index contributed by atoms with van der Waals surface area (Å²) in [7, 11) is 0. The van der Waals surface area contributed by atoms with Gasteiger partial charge in [0.25, 0.3) is 5.91 Å². The van der Waals surface area contributed by atoms with Gasteiger partial charge in [-0.25, -0.2) is 14.6 Å². The van der Waals surface area contributed by atoms with Gasteiger partial charge in [-0.05, 0) is 34.6 Å². The number of ether oxygens (including phenoxy) is 1. The van der Waals surface area contributed by atoms with Crippen molar-refractivity contribution in [3.05, 3.63) is 70.2 Å². The van der Waals surface area contributed by atoms with Crippen molar-refractivity contribution in [3.8, 4) is 11.1 Å². The van der Waals surface area contributed by atoms with Gasteiger partial charge < -0.3 is 15.2 Å². The summed E-state index contributed by atoms with van der Waals surface area (Å²) in [4.78, 5) is 41.3. The third-order valence-corrected chi connectivity index (χ3v) is 7.02. The maximum atomic E-state index is 12.7. The second-order valence-electron chi connectivity index (χ2n) is 9.49. The van der Waals surface area contributed by atoms with E-state index in [1.807, 2.05) is 36.4 Å². The van der Waals surface area contributed by atoms with Crippen LogP contribution in [0.15, 0.2) is 48.5 Å². The number of anilines is 1. The van der Waals surface area contributed by atoms with Gasteiger partial charge in [0.05, 0.1) is 5.69 Å². The van der Waals surface area contributed by atoms with Crippen LogP contribution in [-0.2, 0) is 9.53 Å². The Kier molecular flexibility index (Phi) is 6.62. The lowest BCUT2D eigenvalue weighted by Gasteiger charge is -2.27. The lowest BCUT2D eigenvalue weighted by Crippen LogP contribution is -2.49. The number of aliphatic carboxylic acids is 1. The van der Waals surface area contributed by atoms with Crippen LogP contribution in [0.4, 0.5) is 9.93 Å². The highest BCUT2D eigenvalue weighted by Gasteiger charge is 2.34. The van der Waals surface area contributed by atoms with Crippen LogP contribution in [0, 0.1) is 12.3 Å². The average molecular weight is 494 g/mol. The molecule has 2 aromatic carbocycles. The predicted octanol–water partition coefficient (Wildman–Crippen LogP) is 5.04. The Morgan fingerprint density at radius 3 is 2.17 bits per heavy atom. The largest absolute Gasteiger partial charge is 0.480 e. The van der Waals surface area contributed by atoms with E-state index in [1.165, 1.54) is 0 Å². The number of hydrogen-bond donors (Lipinski definition) is 3. The summed E-state index contributed by atoms with van der Waals surface area (Å²) in [6.07, 6.45) is -0.675. The van der Waals surface area contributed by atoms with E-state index in [9.17, 15) is 19.5 Å². The first-order chi connectivity index (χ1) is 16.6. The van der Waals surface area contributed by atoms with E-state index in [0.29, 0.717) is 5.69 Å². The highest BCUT2D eigenvalue weighted by molar-refractivity contribution is 7.17. The Hall–Kier alpha value is -3.72. The molecule has 3 N–H and O–H groups in total. The number of carboxylic acid groups (broad SMARTS) is 1. The molecule has 2 amide bonds. The molecule has 0 fully saturated rings. The van der Waals surface area contributed by atoms with Gasteiger partial charge in [0.15, 0.2) is 5.13 Å². The number of carboxylic acids is 1. The van der Waals surface area contributed by atoms with Gasteiger partial charge in [-0.2, -0.15) is 0 Å². The molecule has 182 valence electrons. The van der Waals surface area contributed by atoms with Gasteiger partial charge in [-0.15, -0.1) is 0 Å². The maximum Gasteiger partial charge on any atom is 0.413 e. The van der Waals surface area contributed by atoms with Crippen molar-refractivity contribution in [1.82, 2.24) is 10.3 Å². The molecule has 4 rings (SSSR count). The molecule has 9 heteroatoms. The first-order valence-electron chi connectivity index (χ1n) is 11.2. The first-order valence-corrected chi connectivity index (χ1v) is 12.0. The number of carbonyl (C=O) groups excluding carboxylic acids is 2. The van der Waals surface area contributed by atoms with Crippen LogP contribution in [0.5, 0.6) is 0 Å². The Balaban J connectivity index is 1.42. The Labute approximate surface area is 207 Å². The number of hydrogen-bond acceptors (Lipinski definition) is 6. The fourth-order valence-corrected chi connectivity index (χ4v) is 5.08. The number of amides is 2. The summed E-state index contributed by atoms with van der Waals surface area (Å²) in [5.74, 6) is -1.74. The molecule has 1 atom stereocenters. The molecule has 35 heavy (non-hydrogen) atoms. The minimum Gasteiger partial charge on any atom is -0.480 e. The highest BCUT2D eigenvalue weighted by Crippen LogP contribution is 2.44. The summed E-state index contributed by atoms with van der Waals surface area (Å²) < 4.78 is 5.53. The molecule has 0 aliphatic heterocycles. The van der Waals surface area contributed by atoms with Crippen LogP contribution in [-0.4, -0.2) is 40.7 Å². The van der Waals surface area contributed by atoms with Gasteiger partial charge in [0, 0.05) is 5.92 Å². The summed E-state index contributed by atoms with van der Waals surface area (Å²) in [6.45, 7) is 6.98. The van der Waals surface area contributed by atoms with Gasteiger partial charge in [0.2, 0.25) is 0 Å². The minimum atomic E-state index is -1.12. The molecule has 0 radical (unpaired) electrons. The van der Waals surface area contributed by atoms with Gasteiger partial charge in [-0.1, -0.05) is 80.6 Å². The molecule has 1 aliphatic carbocycles. The zero-order valence-electron chi connectivity index (χ0n) is 19.9. The van der Waals surface area contributed by atoms with Crippen LogP contribution in [0.2, 0.25) is 0 Å². The highest BCUT2D eigenvalue weighted by atomic mass is 32.1. The number of rotatable bonds is 6. The summed E-state index contributed by atoms with van der Waals surface area (Å²) >= 11 is 0.967. The summed E-state index contributed by atoms with van der Waals surface area (Å²) in [5.41, 5.74) is 4.20. The number of aromatic nitrogens is 1. The first kappa shape index (κ1) is 24.4. The molecule has 1 aromatic heterocycles. The standard InChI is InChI=1S/C26H27N3O5S/c1-14-20(22(30)28-21(23(31)32)26(2,3)4)35-24(27-14)29-25(33)34-13-19-17-11-7-5-9-15(17)16-10-6-8-12-18(16)19/h5-12,19,21H,13H2,1-4H3,(H,28,30)(H,31,32)(H,27,29,33). The van der Waals surface area contributed by atoms with Crippen LogP contribution in [0.1, 0.15) is 53.2 Å². The molecule has 0 saturated carbocycles. The fraction of sp³-hybridized carbons (Fsp3) is 0.308. The smallest absolute Gasteiger partial charge is 0.413 e. The Bertz CT molecular complexity index is 1250. The molecule has 8 nitrogen and oxygen atoms in total. The molecule has 1 aliphatic rings. The zero-order valence-corrected chi connectivity index (χ0v) is 20.7. The zero-order chi connectivity index (χ0) is 25.3. The van der Waals surface area contributed by atoms with Crippen molar-refractivity contribution >= 4 is 34.4 Å². The van der Waals surface area contributed by atoms with E-state index in [2.05, 4.69) is 27.8 Å². The number of aryl methyl sites for hydroxylation is 1. The number of benzene rings is 2. The summed E-state index contributed by atoms with van der Waals surface area (Å²) in [6, 6.07) is 15.1. The Morgan fingerprint density at radius 1 is 1.06 bits per heavy atom. The average Bonchev–Trinajstić information content (AvgIpc) is 3.32. The van der Waals surface area contributed by atoms with Crippen molar-refractivity contribution in [3.63, 3.8) is 0 Å². The van der Waals surface area contributed by atoms with E-state index in [-0.39, 0.29) is 22.5 Å². The number of thiazole rings is 1.